The number of carboxylic acids is 2. The third-order valence-corrected chi connectivity index (χ3v) is 21.7. The molecule has 0 spiro atoms. The van der Waals surface area contributed by atoms with Gasteiger partial charge in [-0.2, -0.15) is 0 Å². The second-order valence-electron chi connectivity index (χ2n) is 31.5. The average Bonchev–Trinajstić information content (AvgIpc) is 1.67. The number of rotatable bonds is 50. The van der Waals surface area contributed by atoms with Crippen LogP contribution in [0.5, 0.6) is 5.75 Å². The number of nitrogens with zero attached hydrogens (tertiary/aromatic N) is 2. The number of phenolic OH excluding ortho intramolecular Hbond substituents is 1. The number of hydrogen-bond donors (Lipinski definition) is 23. The number of phenols is 1. The van der Waals surface area contributed by atoms with E-state index in [1.54, 1.807) is 59.9 Å². The van der Waals surface area contributed by atoms with E-state index in [0.717, 1.165) is 10.9 Å². The van der Waals surface area contributed by atoms with E-state index < -0.39 is 210 Å². The lowest BCUT2D eigenvalue weighted by Gasteiger charge is -2.32. The molecule has 4 heterocycles. The van der Waals surface area contributed by atoms with Crippen LogP contribution >= 0.6 is 0 Å². The zero-order valence-corrected chi connectivity index (χ0v) is 69.4. The summed E-state index contributed by atoms with van der Waals surface area (Å²) in [6, 6.07) is -5.83. The summed E-state index contributed by atoms with van der Waals surface area (Å²) >= 11 is 0. The van der Waals surface area contributed by atoms with Gasteiger partial charge in [-0.3, -0.25) is 82.7 Å². The van der Waals surface area contributed by atoms with Gasteiger partial charge in [-0.15, -0.1) is 0 Å². The van der Waals surface area contributed by atoms with Crippen LogP contribution in [-0.2, 0) is 89.6 Å². The normalized spacial score (nSPS) is 18.0. The van der Waals surface area contributed by atoms with Crippen molar-refractivity contribution in [3.63, 3.8) is 0 Å². The van der Waals surface area contributed by atoms with Crippen LogP contribution in [0.1, 0.15) is 175 Å². The van der Waals surface area contributed by atoms with Gasteiger partial charge in [-0.1, -0.05) is 84.7 Å². The monoisotopic (exact) mass is 1690 g/mol. The molecule has 14 amide bonds. The van der Waals surface area contributed by atoms with E-state index in [1.807, 2.05) is 12.1 Å². The van der Waals surface area contributed by atoms with E-state index >= 15 is 14.4 Å². The number of benzene rings is 2. The Morgan fingerprint density at radius 1 is 0.529 bits per heavy atom. The molecule has 0 saturated carbocycles. The van der Waals surface area contributed by atoms with Crippen molar-refractivity contribution >= 4 is 117 Å². The van der Waals surface area contributed by atoms with Crippen molar-refractivity contribution in [2.75, 3.05) is 32.7 Å². The van der Waals surface area contributed by atoms with Crippen LogP contribution < -0.4 is 92.1 Å². The zero-order chi connectivity index (χ0) is 89.3. The molecule has 3 aromatic rings. The van der Waals surface area contributed by atoms with Gasteiger partial charge in [0.25, 0.3) is 0 Å². The lowest BCUT2D eigenvalue weighted by atomic mass is 9.94. The topological polar surface area (TPSA) is 664 Å². The Labute approximate surface area is 701 Å². The number of hydrogen-bond acceptors (Lipinski definition) is 20. The van der Waals surface area contributed by atoms with Crippen molar-refractivity contribution in [3.8, 4) is 5.75 Å². The van der Waals surface area contributed by atoms with Crippen molar-refractivity contribution in [1.82, 2.24) is 83.9 Å². The van der Waals surface area contributed by atoms with Crippen LogP contribution in [0.2, 0.25) is 0 Å². The molecule has 3 aliphatic heterocycles. The van der Waals surface area contributed by atoms with E-state index in [9.17, 15) is 77.6 Å². The fourth-order valence-corrected chi connectivity index (χ4v) is 14.7. The Bertz CT molecular complexity index is 4160. The van der Waals surface area contributed by atoms with Crippen LogP contribution in [0.15, 0.2) is 54.7 Å². The highest BCUT2D eigenvalue weighted by Crippen LogP contribution is 2.26. The molecule has 3 saturated heterocycles. The van der Waals surface area contributed by atoms with E-state index in [1.165, 1.54) is 34.1 Å². The molecule has 41 nitrogen and oxygen atoms in total. The number of H-pyrrole nitrogens is 1. The number of fused-ring (bicyclic) bond motifs is 1. The summed E-state index contributed by atoms with van der Waals surface area (Å²) in [6.07, 6.45) is 0.755. The molecule has 0 aliphatic carbocycles. The minimum Gasteiger partial charge on any atom is -0.508 e. The molecule has 121 heavy (non-hydrogen) atoms. The Morgan fingerprint density at radius 2 is 1.00 bits per heavy atom. The summed E-state index contributed by atoms with van der Waals surface area (Å²) in [5.74, 6) is -17.0. The first-order chi connectivity index (χ1) is 57.4. The summed E-state index contributed by atoms with van der Waals surface area (Å²) in [6.45, 7) is 10.6. The van der Waals surface area contributed by atoms with Gasteiger partial charge < -0.3 is 122 Å². The zero-order valence-electron chi connectivity index (χ0n) is 69.4. The summed E-state index contributed by atoms with van der Waals surface area (Å²) in [7, 11) is 0. The fourth-order valence-electron chi connectivity index (χ4n) is 14.7. The van der Waals surface area contributed by atoms with E-state index in [2.05, 4.69) is 74.1 Å². The van der Waals surface area contributed by atoms with Gasteiger partial charge in [0.1, 0.15) is 84.3 Å². The number of para-hydroxylation sites is 1. The number of likely N-dealkylation sites (tertiary alicyclic amines) is 2. The highest BCUT2D eigenvalue weighted by molar-refractivity contribution is 6.02. The molecule has 666 valence electrons. The van der Waals surface area contributed by atoms with Gasteiger partial charge in [0, 0.05) is 69.0 Å². The highest BCUT2D eigenvalue weighted by Gasteiger charge is 2.44. The number of carbonyl (C=O) groups is 16. The first-order valence-corrected chi connectivity index (χ1v) is 41.3. The number of aliphatic carboxylic acids is 2. The third kappa shape index (κ3) is 30.5. The third-order valence-electron chi connectivity index (χ3n) is 21.7. The van der Waals surface area contributed by atoms with Crippen LogP contribution in [0, 0.1) is 28.6 Å². The number of aromatic amines is 1. The Morgan fingerprint density at radius 3 is 1.53 bits per heavy atom. The number of amides is 14. The Hall–Kier alpha value is -12.2. The number of unbranched alkanes of at least 4 members (excludes halogenated alkanes) is 1. The summed E-state index contributed by atoms with van der Waals surface area (Å²) < 4.78 is 0. The van der Waals surface area contributed by atoms with E-state index in [4.69, 9.17) is 33.8 Å². The number of aromatic nitrogens is 1. The molecule has 15 unspecified atom stereocenters. The number of nitrogens with two attached hydrogens (primary N) is 4. The molecule has 6 rings (SSSR count). The van der Waals surface area contributed by atoms with Crippen molar-refractivity contribution in [1.29, 1.82) is 10.8 Å². The van der Waals surface area contributed by atoms with Crippen molar-refractivity contribution in [2.45, 2.75) is 255 Å². The molecule has 0 radical (unpaired) electrons. The molecule has 0 bridgehead atoms. The first kappa shape index (κ1) is 97.6. The van der Waals surface area contributed by atoms with Gasteiger partial charge in [0.15, 0.2) is 11.9 Å². The second-order valence-corrected chi connectivity index (χ2v) is 31.5. The molecule has 3 fully saturated rings. The average molecular weight is 1700 g/mol. The first-order valence-electron chi connectivity index (χ1n) is 41.3. The van der Waals surface area contributed by atoms with Gasteiger partial charge in [0.05, 0.1) is 6.42 Å². The predicted molar refractivity (Wildman–Crippen MR) is 442 cm³/mol. The van der Waals surface area contributed by atoms with Crippen molar-refractivity contribution < 1.29 is 92.0 Å². The number of aromatic hydroxyl groups is 1. The molecule has 15 atom stereocenters. The van der Waals surface area contributed by atoms with Crippen LogP contribution in [0.3, 0.4) is 0 Å². The Balaban J connectivity index is 1.24. The maximum atomic E-state index is 15.2. The van der Waals surface area contributed by atoms with Crippen LogP contribution in [-0.4, -0.2) is 248 Å². The SMILES string of the molecule is CCC(C)C(NC(=O)C(NC(=O)C(Cc1c[nH]c2ccccc12)NC(=O)C1CCCN1C(=O)C(CCCNC(=N)N)NC(=O)C(CCCNC(=N)N)NC(=O)C1CCCN1C(=O)C(CCCCN)NC(=O)C(CC(N)=O)NC(=O)C(CCC(=O)O)NC(=O)C(Cc1ccc(O)cc1)NC(=O)C(CC(C)C)NC(=O)C1CCC(=O)N1)C(C)CC)C(=O)O. The molecule has 27 N–H and O–H groups in total. The summed E-state index contributed by atoms with van der Waals surface area (Å²) in [4.78, 5) is 230. The van der Waals surface area contributed by atoms with Gasteiger partial charge in [-0.05, 0) is 144 Å². The van der Waals surface area contributed by atoms with Gasteiger partial charge in [0.2, 0.25) is 82.7 Å². The van der Waals surface area contributed by atoms with E-state index in [-0.39, 0.29) is 147 Å². The van der Waals surface area contributed by atoms with Gasteiger partial charge in [-0.25, -0.2) is 4.79 Å². The number of primary amides is 1. The number of guanidine groups is 2. The lowest BCUT2D eigenvalue weighted by Crippen LogP contribution is -2.61. The standard InChI is InChI=1S/C80H122N22O19/c1-7-43(5)64(75(117)100-65(78(120)121)44(6)8-2)99-72(114)57(39-46-41-89-49-18-10-9-17-48(46)49)98-74(116)60-23-16-36-102(60)77(119)54(21-14-34-88-80(85)86)93-66(108)50(20-13-33-87-79(83)84)92-73(115)59-22-15-35-101(59)76(118)53(19-11-12-32-81)94-71(113)58(40-61(82)104)97-68(110)52(29-31-63(106)107)91-70(112)56(38-45-24-26-47(103)27-25-45)96-69(111)55(37-42(3)4)95-67(109)51-28-30-62(105)90-51/h9-10,17-18,24-27,41-44,50-60,64-65,89,103H,7-8,11-16,19-23,28-40,81H2,1-6H3,(H2,82,104)(H,90,105)(H,91,112)(H,92,115)(H,93,108)(H,94,113)(H,95,109)(H,96,111)(H,97,110)(H,98,116)(H,99,114)(H,100,117)(H,106,107)(H,120,121)(H4,83,84,87)(H4,85,86,88). The molecular formula is C80H122N22O19. The van der Waals surface area contributed by atoms with Crippen molar-refractivity contribution in [3.05, 3.63) is 65.9 Å². The minimum absolute atomic E-state index is 0.00724. The quantitative estimate of drug-likeness (QED) is 0.0156. The highest BCUT2D eigenvalue weighted by atomic mass is 16.4. The number of carboxylic acid groups (broad SMARTS) is 2. The number of nitrogens with one attached hydrogen (secondary N) is 16. The lowest BCUT2D eigenvalue weighted by molar-refractivity contribution is -0.144. The molecule has 41 heteroatoms. The Kier molecular flexibility index (Phi) is 38.9. The maximum Gasteiger partial charge on any atom is 0.326 e. The summed E-state index contributed by atoms with van der Waals surface area (Å²) in [5.41, 5.74) is 24.5. The minimum atomic E-state index is -1.93. The van der Waals surface area contributed by atoms with Crippen molar-refractivity contribution in [2.24, 2.45) is 40.7 Å². The smallest absolute Gasteiger partial charge is 0.326 e. The molecule has 1 aromatic heterocycles. The predicted octanol–water partition coefficient (Wildman–Crippen LogP) is -2.61. The van der Waals surface area contributed by atoms with Crippen LogP contribution in [0.25, 0.3) is 10.9 Å². The van der Waals surface area contributed by atoms with E-state index in [0.29, 0.717) is 30.4 Å². The molecule has 3 aliphatic rings. The van der Waals surface area contributed by atoms with Crippen LogP contribution in [0.4, 0.5) is 0 Å². The molecular weight excluding hydrogens is 1570 g/mol. The number of carbonyl (C=O) groups excluding carboxylic acids is 14. The largest absolute Gasteiger partial charge is 0.508 e. The molecule has 2 aromatic carbocycles. The summed E-state index contributed by atoms with van der Waals surface area (Å²) in [5, 5.41) is 80.5. The maximum absolute atomic E-state index is 15.2. The van der Waals surface area contributed by atoms with Gasteiger partial charge >= 0.3 is 11.9 Å². The fraction of sp³-hybridized carbons (Fsp3) is 0.600. The second kappa shape index (κ2) is 48.2.